The highest BCUT2D eigenvalue weighted by molar-refractivity contribution is 7.99. The number of aromatic nitrogens is 4. The Kier molecular flexibility index (Phi) is 5.44. The van der Waals surface area contributed by atoms with Crippen molar-refractivity contribution in [3.63, 3.8) is 0 Å². The van der Waals surface area contributed by atoms with Gasteiger partial charge in [-0.25, -0.2) is 14.1 Å². The van der Waals surface area contributed by atoms with Gasteiger partial charge in [-0.05, 0) is 35.9 Å². The van der Waals surface area contributed by atoms with Gasteiger partial charge < -0.3 is 5.32 Å². The summed E-state index contributed by atoms with van der Waals surface area (Å²) >= 11 is 7.53. The van der Waals surface area contributed by atoms with Crippen molar-refractivity contribution in [3.8, 4) is 5.69 Å². The highest BCUT2D eigenvalue weighted by atomic mass is 35.5. The highest BCUT2D eigenvalue weighted by Crippen LogP contribution is 2.33. The minimum absolute atomic E-state index is 0.150. The van der Waals surface area contributed by atoms with Gasteiger partial charge in [0.2, 0.25) is 5.91 Å². The molecule has 5 rings (SSSR count). The number of hydrogen-bond acceptors (Lipinski definition) is 5. The molecule has 1 amide bonds. The molecule has 32 heavy (non-hydrogen) atoms. The van der Waals surface area contributed by atoms with Crippen LogP contribution in [0, 0.1) is 5.82 Å². The number of halogens is 2. The number of rotatable bonds is 5. The van der Waals surface area contributed by atoms with Gasteiger partial charge in [-0.15, -0.1) is 0 Å². The molecule has 0 fully saturated rings. The summed E-state index contributed by atoms with van der Waals surface area (Å²) in [6.45, 7) is 0.296. The minimum Gasteiger partial charge on any atom is -0.352 e. The molecular formula is C22H17ClFN5O2S. The summed E-state index contributed by atoms with van der Waals surface area (Å²) in [4.78, 5) is 30.3. The second kappa shape index (κ2) is 8.40. The molecule has 0 radical (unpaired) electrons. The van der Waals surface area contributed by atoms with Crippen molar-refractivity contribution < 1.29 is 9.18 Å². The Morgan fingerprint density at radius 2 is 2.06 bits per heavy atom. The fraction of sp³-hybridized carbons (Fsp3) is 0.182. The van der Waals surface area contributed by atoms with E-state index in [0.29, 0.717) is 39.2 Å². The number of fused-ring (bicyclic) bond motifs is 2. The van der Waals surface area contributed by atoms with Crippen LogP contribution in [0.5, 0.6) is 0 Å². The van der Waals surface area contributed by atoms with Crippen LogP contribution in [0.15, 0.2) is 64.7 Å². The van der Waals surface area contributed by atoms with E-state index in [1.54, 1.807) is 39.6 Å². The highest BCUT2D eigenvalue weighted by Gasteiger charge is 2.29. The van der Waals surface area contributed by atoms with Crippen LogP contribution in [-0.4, -0.2) is 31.0 Å². The van der Waals surface area contributed by atoms with Crippen LogP contribution in [0.25, 0.3) is 16.7 Å². The first-order valence-corrected chi connectivity index (χ1v) is 11.3. The van der Waals surface area contributed by atoms with Crippen LogP contribution in [0.2, 0.25) is 5.02 Å². The Bertz CT molecular complexity index is 1390. The number of nitrogens with zero attached hydrogens (tertiary/aromatic N) is 4. The molecule has 3 heterocycles. The Labute approximate surface area is 191 Å². The number of carbonyl (C=O) groups excluding carboxylic acids is 1. The second-order valence-corrected chi connectivity index (χ2v) is 8.84. The van der Waals surface area contributed by atoms with Gasteiger partial charge in [0.25, 0.3) is 5.56 Å². The number of amides is 1. The molecule has 0 saturated heterocycles. The first-order chi connectivity index (χ1) is 15.5. The van der Waals surface area contributed by atoms with E-state index in [9.17, 15) is 14.0 Å². The van der Waals surface area contributed by atoms with Crippen LogP contribution in [0.4, 0.5) is 4.39 Å². The fourth-order valence-corrected chi connectivity index (χ4v) is 4.98. The van der Waals surface area contributed by atoms with Gasteiger partial charge >= 0.3 is 0 Å². The average Bonchev–Trinajstić information content (AvgIpc) is 3.38. The van der Waals surface area contributed by atoms with Gasteiger partial charge in [0.1, 0.15) is 11.2 Å². The zero-order valence-corrected chi connectivity index (χ0v) is 18.2. The van der Waals surface area contributed by atoms with E-state index < -0.39 is 0 Å². The van der Waals surface area contributed by atoms with E-state index in [4.69, 9.17) is 11.6 Å². The van der Waals surface area contributed by atoms with Crippen molar-refractivity contribution in [2.24, 2.45) is 0 Å². The predicted molar refractivity (Wildman–Crippen MR) is 121 cm³/mol. The third-order valence-corrected chi connectivity index (χ3v) is 6.58. The van der Waals surface area contributed by atoms with E-state index in [1.165, 1.54) is 30.1 Å². The number of thioether (sulfide) groups is 1. The van der Waals surface area contributed by atoms with Crippen molar-refractivity contribution in [2.45, 2.75) is 24.2 Å². The number of carbonyl (C=O) groups is 1. The van der Waals surface area contributed by atoms with Crippen molar-refractivity contribution in [1.29, 1.82) is 0 Å². The lowest BCUT2D eigenvalue weighted by Gasteiger charge is -2.13. The van der Waals surface area contributed by atoms with Crippen molar-refractivity contribution in [2.75, 3.05) is 5.75 Å². The molecule has 1 atom stereocenters. The summed E-state index contributed by atoms with van der Waals surface area (Å²) in [5.41, 5.74) is 1.75. The second-order valence-electron chi connectivity index (χ2n) is 7.42. The van der Waals surface area contributed by atoms with Crippen molar-refractivity contribution in [3.05, 3.63) is 81.5 Å². The molecule has 10 heteroatoms. The molecule has 0 aliphatic carbocycles. The number of benzene rings is 2. The summed E-state index contributed by atoms with van der Waals surface area (Å²) in [7, 11) is 0. The minimum atomic E-state index is -0.323. The predicted octanol–water partition coefficient (Wildman–Crippen LogP) is 3.73. The third-order valence-electron chi connectivity index (χ3n) is 5.25. The lowest BCUT2D eigenvalue weighted by molar-refractivity contribution is -0.121. The molecule has 1 N–H and O–H groups in total. The van der Waals surface area contributed by atoms with E-state index >= 15 is 0 Å². The molecule has 1 aliphatic heterocycles. The molecule has 4 aromatic rings. The summed E-state index contributed by atoms with van der Waals surface area (Å²) in [5, 5.41) is 8.66. The molecular weight excluding hydrogens is 453 g/mol. The maximum Gasteiger partial charge on any atom is 0.265 e. The Balaban J connectivity index is 1.38. The van der Waals surface area contributed by atoms with Crippen LogP contribution < -0.4 is 10.9 Å². The van der Waals surface area contributed by atoms with Crippen LogP contribution >= 0.6 is 23.4 Å². The smallest absolute Gasteiger partial charge is 0.265 e. The maximum atomic E-state index is 13.2. The summed E-state index contributed by atoms with van der Waals surface area (Å²) in [6, 6.07) is 12.8. The van der Waals surface area contributed by atoms with Gasteiger partial charge in [0, 0.05) is 23.7 Å². The SMILES string of the molecule is O=C(CC1CSc2nc3c(cnn3-c3cccc(Cl)c3)c(=O)n21)NCc1ccc(F)cc1. The van der Waals surface area contributed by atoms with Gasteiger partial charge in [-0.1, -0.05) is 41.6 Å². The molecule has 1 unspecified atom stereocenters. The molecule has 2 aromatic heterocycles. The van der Waals surface area contributed by atoms with Gasteiger partial charge in [-0.2, -0.15) is 5.10 Å². The molecule has 0 bridgehead atoms. The van der Waals surface area contributed by atoms with Gasteiger partial charge in [-0.3, -0.25) is 14.2 Å². The quantitative estimate of drug-likeness (QED) is 0.450. The molecule has 0 spiro atoms. The topological polar surface area (TPSA) is 81.8 Å². The molecule has 162 valence electrons. The Morgan fingerprint density at radius 3 is 2.84 bits per heavy atom. The lowest BCUT2D eigenvalue weighted by atomic mass is 10.2. The van der Waals surface area contributed by atoms with Gasteiger partial charge in [0.15, 0.2) is 10.8 Å². The summed E-state index contributed by atoms with van der Waals surface area (Å²) < 4.78 is 16.2. The zero-order valence-electron chi connectivity index (χ0n) is 16.7. The normalized spacial score (nSPS) is 15.1. The van der Waals surface area contributed by atoms with E-state index in [1.807, 2.05) is 6.07 Å². The summed E-state index contributed by atoms with van der Waals surface area (Å²) in [5.74, 6) is 0.0644. The zero-order chi connectivity index (χ0) is 22.2. The average molecular weight is 470 g/mol. The van der Waals surface area contributed by atoms with Crippen LogP contribution in [0.3, 0.4) is 0 Å². The summed E-state index contributed by atoms with van der Waals surface area (Å²) in [6.07, 6.45) is 1.64. The third kappa shape index (κ3) is 3.89. The first kappa shape index (κ1) is 20.7. The molecule has 0 saturated carbocycles. The molecule has 7 nitrogen and oxygen atoms in total. The van der Waals surface area contributed by atoms with E-state index in [0.717, 1.165) is 5.56 Å². The number of hydrogen-bond donors (Lipinski definition) is 1. The van der Waals surface area contributed by atoms with E-state index in [-0.39, 0.29) is 29.7 Å². The Hall–Kier alpha value is -3.17. The van der Waals surface area contributed by atoms with Crippen LogP contribution in [-0.2, 0) is 11.3 Å². The van der Waals surface area contributed by atoms with Crippen LogP contribution in [0.1, 0.15) is 18.0 Å². The standard InChI is InChI=1S/C22H17ClFN5O2S/c23-14-2-1-3-16(8-14)29-20-18(11-26-29)21(31)28-17(12-32-22(28)27-20)9-19(30)25-10-13-4-6-15(24)7-5-13/h1-8,11,17H,9-10,12H2,(H,25,30). The molecule has 2 aromatic carbocycles. The Morgan fingerprint density at radius 1 is 1.25 bits per heavy atom. The first-order valence-electron chi connectivity index (χ1n) is 9.90. The maximum absolute atomic E-state index is 13.2. The van der Waals surface area contributed by atoms with Gasteiger partial charge in [0.05, 0.1) is 17.9 Å². The van der Waals surface area contributed by atoms with Crippen molar-refractivity contribution >= 4 is 40.3 Å². The monoisotopic (exact) mass is 469 g/mol. The largest absolute Gasteiger partial charge is 0.352 e. The number of nitrogens with one attached hydrogen (secondary N) is 1. The van der Waals surface area contributed by atoms with E-state index in [2.05, 4.69) is 15.4 Å². The fourth-order valence-electron chi connectivity index (χ4n) is 3.67. The lowest BCUT2D eigenvalue weighted by Crippen LogP contribution is -2.30. The van der Waals surface area contributed by atoms with Crippen molar-refractivity contribution in [1.82, 2.24) is 24.6 Å². The molecule has 1 aliphatic rings.